The predicted octanol–water partition coefficient (Wildman–Crippen LogP) is 7.32. The fourth-order valence-electron chi connectivity index (χ4n) is 4.03. The summed E-state index contributed by atoms with van der Waals surface area (Å²) in [5.41, 5.74) is 8.94. The molecule has 170 valence electrons. The lowest BCUT2D eigenvalue weighted by molar-refractivity contribution is 0.559. The standard InChI is InChI=1S/C29H26N2O2S/c1-4-20-9-14-24-23(16-26(32)33-25(24)15-20)17-34-29-30-27(21-10-5-18(2)6-11-21)28(31-29)22-12-7-19(3)8-13-22/h5-16H,4,17H2,1-3H3,(H,30,31). The molecule has 0 saturated carbocycles. The fourth-order valence-corrected chi connectivity index (χ4v) is 4.89. The third-order valence-electron chi connectivity index (χ3n) is 6.01. The summed E-state index contributed by atoms with van der Waals surface area (Å²) in [6.45, 7) is 6.26. The molecule has 3 aromatic carbocycles. The van der Waals surface area contributed by atoms with Gasteiger partial charge in [0.1, 0.15) is 5.58 Å². The van der Waals surface area contributed by atoms with Crippen LogP contribution in [0.1, 0.15) is 29.2 Å². The Balaban J connectivity index is 1.51. The van der Waals surface area contributed by atoms with E-state index < -0.39 is 0 Å². The highest BCUT2D eigenvalue weighted by Gasteiger charge is 2.16. The second kappa shape index (κ2) is 9.35. The minimum atomic E-state index is -0.323. The smallest absolute Gasteiger partial charge is 0.336 e. The molecular weight excluding hydrogens is 440 g/mol. The number of aromatic amines is 1. The molecule has 34 heavy (non-hydrogen) atoms. The van der Waals surface area contributed by atoms with E-state index in [1.165, 1.54) is 11.1 Å². The van der Waals surface area contributed by atoms with Crippen molar-refractivity contribution >= 4 is 22.7 Å². The van der Waals surface area contributed by atoms with Gasteiger partial charge >= 0.3 is 5.63 Å². The van der Waals surface area contributed by atoms with Gasteiger partial charge in [-0.3, -0.25) is 0 Å². The molecule has 0 bridgehead atoms. The molecule has 0 amide bonds. The Morgan fingerprint density at radius 2 is 1.56 bits per heavy atom. The Labute approximate surface area is 203 Å². The van der Waals surface area contributed by atoms with Gasteiger partial charge in [-0.2, -0.15) is 0 Å². The van der Waals surface area contributed by atoms with E-state index in [1.54, 1.807) is 17.8 Å². The van der Waals surface area contributed by atoms with Gasteiger partial charge < -0.3 is 9.40 Å². The first-order chi connectivity index (χ1) is 16.5. The summed E-state index contributed by atoms with van der Waals surface area (Å²) in [5.74, 6) is 0.613. The van der Waals surface area contributed by atoms with Crippen molar-refractivity contribution in [3.63, 3.8) is 0 Å². The SMILES string of the molecule is CCc1ccc2c(CSc3nc(-c4ccc(C)cc4)c(-c4ccc(C)cc4)[nH]3)cc(=O)oc2c1. The van der Waals surface area contributed by atoms with Gasteiger partial charge in [0.2, 0.25) is 0 Å². The fraction of sp³-hybridized carbons (Fsp3) is 0.172. The molecule has 2 heterocycles. The van der Waals surface area contributed by atoms with E-state index in [9.17, 15) is 4.79 Å². The van der Waals surface area contributed by atoms with Crippen molar-refractivity contribution in [2.45, 2.75) is 38.1 Å². The molecular formula is C29H26N2O2S. The number of nitrogens with zero attached hydrogens (tertiary/aromatic N) is 1. The lowest BCUT2D eigenvalue weighted by Crippen LogP contribution is -2.00. The monoisotopic (exact) mass is 466 g/mol. The first-order valence-electron chi connectivity index (χ1n) is 11.4. The minimum absolute atomic E-state index is 0.323. The molecule has 5 rings (SSSR count). The van der Waals surface area contributed by atoms with Gasteiger partial charge in [0.05, 0.1) is 11.4 Å². The van der Waals surface area contributed by atoms with Crippen molar-refractivity contribution in [3.8, 4) is 22.5 Å². The van der Waals surface area contributed by atoms with Gasteiger partial charge in [-0.15, -0.1) is 0 Å². The van der Waals surface area contributed by atoms with Crippen molar-refractivity contribution in [3.05, 3.63) is 105 Å². The highest BCUT2D eigenvalue weighted by Crippen LogP contribution is 2.34. The van der Waals surface area contributed by atoms with Crippen LogP contribution in [0.5, 0.6) is 0 Å². The molecule has 0 aliphatic carbocycles. The van der Waals surface area contributed by atoms with E-state index in [-0.39, 0.29) is 5.63 Å². The zero-order valence-corrected chi connectivity index (χ0v) is 20.3. The first-order valence-corrected chi connectivity index (χ1v) is 12.4. The number of imidazole rings is 1. The average Bonchev–Trinajstić information content (AvgIpc) is 3.27. The Bertz CT molecular complexity index is 1450. The number of thioether (sulfide) groups is 1. The Morgan fingerprint density at radius 3 is 2.24 bits per heavy atom. The molecule has 2 aromatic heterocycles. The second-order valence-corrected chi connectivity index (χ2v) is 9.53. The third-order valence-corrected chi connectivity index (χ3v) is 6.94. The maximum absolute atomic E-state index is 12.2. The average molecular weight is 467 g/mol. The van der Waals surface area contributed by atoms with Crippen LogP contribution in [0, 0.1) is 13.8 Å². The number of fused-ring (bicyclic) bond motifs is 1. The highest BCUT2D eigenvalue weighted by atomic mass is 32.2. The topological polar surface area (TPSA) is 58.9 Å². The van der Waals surface area contributed by atoms with Gasteiger partial charge in [0, 0.05) is 28.3 Å². The summed E-state index contributed by atoms with van der Waals surface area (Å²) in [5, 5.41) is 1.78. The van der Waals surface area contributed by atoms with Crippen LogP contribution in [-0.2, 0) is 12.2 Å². The lowest BCUT2D eigenvalue weighted by Gasteiger charge is -2.06. The van der Waals surface area contributed by atoms with E-state index in [4.69, 9.17) is 9.40 Å². The number of aryl methyl sites for hydroxylation is 3. The summed E-state index contributed by atoms with van der Waals surface area (Å²) < 4.78 is 5.47. The highest BCUT2D eigenvalue weighted by molar-refractivity contribution is 7.98. The van der Waals surface area contributed by atoms with E-state index >= 15 is 0 Å². The molecule has 0 aliphatic rings. The van der Waals surface area contributed by atoms with Crippen LogP contribution in [0.4, 0.5) is 0 Å². The van der Waals surface area contributed by atoms with Crippen molar-refractivity contribution in [1.82, 2.24) is 9.97 Å². The van der Waals surface area contributed by atoms with Crippen molar-refractivity contribution in [2.24, 2.45) is 0 Å². The largest absolute Gasteiger partial charge is 0.423 e. The van der Waals surface area contributed by atoms with E-state index in [1.807, 2.05) is 12.1 Å². The molecule has 0 spiro atoms. The van der Waals surface area contributed by atoms with Crippen LogP contribution in [0.2, 0.25) is 0 Å². The summed E-state index contributed by atoms with van der Waals surface area (Å²) in [4.78, 5) is 20.7. The summed E-state index contributed by atoms with van der Waals surface area (Å²) in [6, 6.07) is 24.6. The molecule has 4 nitrogen and oxygen atoms in total. The molecule has 0 aliphatic heterocycles. The molecule has 0 atom stereocenters. The number of hydrogen-bond donors (Lipinski definition) is 1. The quantitative estimate of drug-likeness (QED) is 0.210. The maximum atomic E-state index is 12.2. The van der Waals surface area contributed by atoms with Crippen LogP contribution in [0.3, 0.4) is 0 Å². The molecule has 1 N–H and O–H groups in total. The van der Waals surface area contributed by atoms with E-state index in [2.05, 4.69) is 80.4 Å². The van der Waals surface area contributed by atoms with Crippen LogP contribution < -0.4 is 5.63 Å². The first kappa shape index (κ1) is 22.2. The van der Waals surface area contributed by atoms with Gasteiger partial charge in [0.15, 0.2) is 5.16 Å². The van der Waals surface area contributed by atoms with Gasteiger partial charge in [-0.1, -0.05) is 90.5 Å². The van der Waals surface area contributed by atoms with Gasteiger partial charge in [-0.25, -0.2) is 9.78 Å². The molecule has 0 fully saturated rings. The van der Waals surface area contributed by atoms with Crippen LogP contribution >= 0.6 is 11.8 Å². The van der Waals surface area contributed by atoms with Crippen molar-refractivity contribution < 1.29 is 4.42 Å². The van der Waals surface area contributed by atoms with Crippen LogP contribution in [-0.4, -0.2) is 9.97 Å². The number of hydrogen-bond acceptors (Lipinski definition) is 4. The van der Waals surface area contributed by atoms with Gasteiger partial charge in [-0.05, 0) is 37.5 Å². The molecule has 0 unspecified atom stereocenters. The Hall–Kier alpha value is -3.57. The number of rotatable bonds is 6. The predicted molar refractivity (Wildman–Crippen MR) is 140 cm³/mol. The summed E-state index contributed by atoms with van der Waals surface area (Å²) >= 11 is 1.59. The minimum Gasteiger partial charge on any atom is -0.423 e. The third kappa shape index (κ3) is 4.57. The van der Waals surface area contributed by atoms with Gasteiger partial charge in [0.25, 0.3) is 0 Å². The number of aromatic nitrogens is 2. The summed E-state index contributed by atoms with van der Waals surface area (Å²) in [6.07, 6.45) is 0.897. The van der Waals surface area contributed by atoms with Crippen LogP contribution in [0.15, 0.2) is 87.2 Å². The second-order valence-electron chi connectivity index (χ2n) is 8.56. The number of benzene rings is 3. The molecule has 0 saturated heterocycles. The number of nitrogens with one attached hydrogen (secondary N) is 1. The number of H-pyrrole nitrogens is 1. The zero-order chi connectivity index (χ0) is 23.7. The van der Waals surface area contributed by atoms with E-state index in [0.717, 1.165) is 50.6 Å². The van der Waals surface area contributed by atoms with Crippen LogP contribution in [0.25, 0.3) is 33.5 Å². The zero-order valence-electron chi connectivity index (χ0n) is 19.5. The molecule has 5 aromatic rings. The van der Waals surface area contributed by atoms with Crippen molar-refractivity contribution in [1.29, 1.82) is 0 Å². The van der Waals surface area contributed by atoms with E-state index in [0.29, 0.717) is 11.3 Å². The Morgan fingerprint density at radius 1 is 0.882 bits per heavy atom. The maximum Gasteiger partial charge on any atom is 0.336 e. The normalized spacial score (nSPS) is 11.3. The lowest BCUT2D eigenvalue weighted by atomic mass is 10.0. The van der Waals surface area contributed by atoms with Crippen molar-refractivity contribution in [2.75, 3.05) is 0 Å². The molecule has 5 heteroatoms. The summed E-state index contributed by atoms with van der Waals surface area (Å²) in [7, 11) is 0. The Kier molecular flexibility index (Phi) is 6.12. The molecule has 0 radical (unpaired) electrons.